The molecule has 0 radical (unpaired) electrons. The van der Waals surface area contributed by atoms with Gasteiger partial charge >= 0.3 is 0 Å². The zero-order chi connectivity index (χ0) is 19.9. The van der Waals surface area contributed by atoms with Gasteiger partial charge in [0.25, 0.3) is 0 Å². The number of benzene rings is 3. The van der Waals surface area contributed by atoms with Crippen molar-refractivity contribution in [3.63, 3.8) is 0 Å². The lowest BCUT2D eigenvalue weighted by Crippen LogP contribution is -1.96. The molecule has 28 heavy (non-hydrogen) atoms. The maximum atomic E-state index is 11.8. The molecule has 0 bridgehead atoms. The van der Waals surface area contributed by atoms with E-state index in [4.69, 9.17) is 14.2 Å². The van der Waals surface area contributed by atoms with E-state index in [1.165, 1.54) is 6.26 Å². The first kappa shape index (κ1) is 18.4. The quantitative estimate of drug-likeness (QED) is 0.651. The molecule has 144 valence electrons. The molecule has 1 aliphatic rings. The fourth-order valence-corrected chi connectivity index (χ4v) is 3.98. The smallest absolute Gasteiger partial charge is 0.231 e. The topological polar surface area (TPSA) is 61.8 Å². The van der Waals surface area contributed by atoms with Crippen molar-refractivity contribution < 1.29 is 22.6 Å². The summed E-state index contributed by atoms with van der Waals surface area (Å²) in [6, 6.07) is 16.8. The summed E-state index contributed by atoms with van der Waals surface area (Å²) >= 11 is 0. The number of rotatable bonds is 4. The Balaban J connectivity index is 1.88. The minimum absolute atomic E-state index is 0.187. The number of hydrogen-bond acceptors (Lipinski definition) is 5. The lowest BCUT2D eigenvalue weighted by molar-refractivity contribution is 0.174. The molecule has 5 nitrogen and oxygen atoms in total. The molecule has 0 aromatic heterocycles. The highest BCUT2D eigenvalue weighted by Crippen LogP contribution is 2.43. The molecular weight excluding hydrogens is 376 g/mol. The zero-order valence-corrected chi connectivity index (χ0v) is 16.7. The molecule has 4 rings (SSSR count). The summed E-state index contributed by atoms with van der Waals surface area (Å²) in [5.41, 5.74) is 4.85. The van der Waals surface area contributed by atoms with Crippen molar-refractivity contribution in [1.82, 2.24) is 0 Å². The van der Waals surface area contributed by atoms with Gasteiger partial charge in [-0.1, -0.05) is 18.2 Å². The Hall–Kier alpha value is -2.99. The molecule has 0 saturated carbocycles. The highest BCUT2D eigenvalue weighted by atomic mass is 32.2. The van der Waals surface area contributed by atoms with Crippen LogP contribution in [0.25, 0.3) is 22.3 Å². The Bertz CT molecular complexity index is 1150. The molecule has 0 amide bonds. The Morgan fingerprint density at radius 2 is 1.43 bits per heavy atom. The first-order valence-electron chi connectivity index (χ1n) is 8.76. The second kappa shape index (κ2) is 6.87. The van der Waals surface area contributed by atoms with Crippen molar-refractivity contribution in [1.29, 1.82) is 0 Å². The molecule has 0 saturated heterocycles. The normalized spacial score (nSPS) is 12.8. The first-order chi connectivity index (χ1) is 13.4. The summed E-state index contributed by atoms with van der Waals surface area (Å²) in [4.78, 5) is 0.291. The molecule has 0 fully saturated rings. The van der Waals surface area contributed by atoms with E-state index in [1.807, 2.05) is 43.3 Å². The van der Waals surface area contributed by atoms with Crippen LogP contribution < -0.4 is 14.2 Å². The summed E-state index contributed by atoms with van der Waals surface area (Å²) < 4.78 is 40.0. The van der Waals surface area contributed by atoms with Gasteiger partial charge in [-0.3, -0.25) is 0 Å². The zero-order valence-electron chi connectivity index (χ0n) is 15.9. The summed E-state index contributed by atoms with van der Waals surface area (Å²) in [6.45, 7) is 2.18. The van der Waals surface area contributed by atoms with Crippen molar-refractivity contribution in [2.75, 3.05) is 20.2 Å². The number of fused-ring (bicyclic) bond motifs is 1. The van der Waals surface area contributed by atoms with Crippen molar-refractivity contribution in [3.05, 3.63) is 60.2 Å². The van der Waals surface area contributed by atoms with Gasteiger partial charge in [0.05, 0.1) is 12.0 Å². The summed E-state index contributed by atoms with van der Waals surface area (Å²) in [7, 11) is -1.60. The third kappa shape index (κ3) is 3.31. The van der Waals surface area contributed by atoms with Crippen LogP contribution in [0, 0.1) is 6.92 Å². The van der Waals surface area contributed by atoms with Crippen LogP contribution in [0.1, 0.15) is 5.56 Å². The fraction of sp³-hybridized carbons (Fsp3) is 0.182. The molecule has 3 aromatic rings. The molecule has 0 N–H and O–H groups in total. The van der Waals surface area contributed by atoms with Crippen molar-refractivity contribution >= 4 is 9.84 Å². The molecule has 3 aromatic carbocycles. The molecule has 6 heteroatoms. The van der Waals surface area contributed by atoms with Gasteiger partial charge in [0, 0.05) is 6.26 Å². The molecule has 0 atom stereocenters. The molecule has 1 aliphatic heterocycles. The highest BCUT2D eigenvalue weighted by Gasteiger charge is 2.20. The van der Waals surface area contributed by atoms with E-state index in [1.54, 1.807) is 19.2 Å². The lowest BCUT2D eigenvalue weighted by Gasteiger charge is -2.14. The Morgan fingerprint density at radius 1 is 0.857 bits per heavy atom. The van der Waals surface area contributed by atoms with E-state index in [0.29, 0.717) is 16.4 Å². The molecule has 0 aliphatic carbocycles. The second-order valence-electron chi connectivity index (χ2n) is 6.73. The predicted octanol–water partition coefficient (Wildman–Crippen LogP) is 4.47. The standard InChI is InChI=1S/C22H20O5S/c1-14-10-16(6-9-20(14)25-2)19-12-22-21(26-13-27-22)11-18(19)15-4-7-17(8-5-15)28(3,23)24/h4-12H,13H2,1-3H3. The van der Waals surface area contributed by atoms with Crippen LogP contribution in [-0.2, 0) is 9.84 Å². The van der Waals surface area contributed by atoms with Crippen LogP contribution in [0.4, 0.5) is 0 Å². The van der Waals surface area contributed by atoms with Gasteiger partial charge in [0.2, 0.25) is 6.79 Å². The maximum Gasteiger partial charge on any atom is 0.231 e. The average molecular weight is 396 g/mol. The minimum Gasteiger partial charge on any atom is -0.496 e. The van der Waals surface area contributed by atoms with Gasteiger partial charge in [-0.15, -0.1) is 0 Å². The van der Waals surface area contributed by atoms with Crippen molar-refractivity contribution in [2.45, 2.75) is 11.8 Å². The number of hydrogen-bond donors (Lipinski definition) is 0. The van der Waals surface area contributed by atoms with Crippen LogP contribution in [0.2, 0.25) is 0 Å². The molecule has 1 heterocycles. The van der Waals surface area contributed by atoms with E-state index in [9.17, 15) is 8.42 Å². The van der Waals surface area contributed by atoms with Gasteiger partial charge < -0.3 is 14.2 Å². The van der Waals surface area contributed by atoms with Gasteiger partial charge in [0.15, 0.2) is 21.3 Å². The Kier molecular flexibility index (Phi) is 4.51. The fourth-order valence-electron chi connectivity index (χ4n) is 3.35. The number of aryl methyl sites for hydroxylation is 1. The van der Waals surface area contributed by atoms with Gasteiger partial charge in [-0.05, 0) is 71.1 Å². The Labute approximate surface area is 164 Å². The monoisotopic (exact) mass is 396 g/mol. The van der Waals surface area contributed by atoms with E-state index in [-0.39, 0.29) is 6.79 Å². The van der Waals surface area contributed by atoms with E-state index in [2.05, 4.69) is 6.07 Å². The van der Waals surface area contributed by atoms with Crippen LogP contribution >= 0.6 is 0 Å². The second-order valence-corrected chi connectivity index (χ2v) is 8.75. The maximum absolute atomic E-state index is 11.8. The lowest BCUT2D eigenvalue weighted by atomic mass is 9.93. The Morgan fingerprint density at radius 3 is 1.96 bits per heavy atom. The van der Waals surface area contributed by atoms with Crippen LogP contribution in [-0.4, -0.2) is 28.6 Å². The third-order valence-corrected chi connectivity index (χ3v) is 5.94. The predicted molar refractivity (Wildman–Crippen MR) is 108 cm³/mol. The average Bonchev–Trinajstić information content (AvgIpc) is 3.14. The van der Waals surface area contributed by atoms with Gasteiger partial charge in [-0.25, -0.2) is 8.42 Å². The SMILES string of the molecule is COc1ccc(-c2cc3c(cc2-c2ccc(S(C)(=O)=O)cc2)OCO3)cc1C. The molecule has 0 unspecified atom stereocenters. The van der Waals surface area contributed by atoms with E-state index < -0.39 is 9.84 Å². The van der Waals surface area contributed by atoms with Crippen molar-refractivity contribution in [3.8, 4) is 39.5 Å². The summed E-state index contributed by atoms with van der Waals surface area (Å²) in [6.07, 6.45) is 1.20. The largest absolute Gasteiger partial charge is 0.496 e. The minimum atomic E-state index is -3.25. The molecular formula is C22H20O5S. The van der Waals surface area contributed by atoms with Gasteiger partial charge in [-0.2, -0.15) is 0 Å². The number of sulfone groups is 1. The first-order valence-corrected chi connectivity index (χ1v) is 10.6. The van der Waals surface area contributed by atoms with Crippen LogP contribution in [0.5, 0.6) is 17.2 Å². The van der Waals surface area contributed by atoms with E-state index in [0.717, 1.165) is 33.6 Å². The van der Waals surface area contributed by atoms with Crippen LogP contribution in [0.15, 0.2) is 59.5 Å². The highest BCUT2D eigenvalue weighted by molar-refractivity contribution is 7.90. The van der Waals surface area contributed by atoms with Gasteiger partial charge in [0.1, 0.15) is 5.75 Å². The van der Waals surface area contributed by atoms with E-state index >= 15 is 0 Å². The summed E-state index contributed by atoms with van der Waals surface area (Å²) in [5.74, 6) is 2.19. The molecule has 0 spiro atoms. The summed E-state index contributed by atoms with van der Waals surface area (Å²) in [5, 5.41) is 0. The number of methoxy groups -OCH3 is 1. The van der Waals surface area contributed by atoms with Crippen molar-refractivity contribution in [2.24, 2.45) is 0 Å². The third-order valence-electron chi connectivity index (χ3n) is 4.81. The number of ether oxygens (including phenoxy) is 3. The van der Waals surface area contributed by atoms with Crippen LogP contribution in [0.3, 0.4) is 0 Å².